The van der Waals surface area contributed by atoms with Crippen molar-refractivity contribution in [2.45, 2.75) is 59.0 Å². The van der Waals surface area contributed by atoms with Gasteiger partial charge in [-0.2, -0.15) is 5.10 Å². The summed E-state index contributed by atoms with van der Waals surface area (Å²) in [4.78, 5) is 0. The van der Waals surface area contributed by atoms with Gasteiger partial charge in [-0.15, -0.1) is 0 Å². The topological polar surface area (TPSA) is 43.8 Å². The van der Waals surface area contributed by atoms with E-state index < -0.39 is 0 Å². The zero-order chi connectivity index (χ0) is 12.9. The van der Waals surface area contributed by atoms with E-state index in [2.05, 4.69) is 25.5 Å². The van der Waals surface area contributed by atoms with Crippen LogP contribution in [0, 0.1) is 31.6 Å². The van der Waals surface area contributed by atoms with Crippen LogP contribution in [0.1, 0.15) is 55.6 Å². The molecule has 100 valence electrons. The summed E-state index contributed by atoms with van der Waals surface area (Å²) in [6.07, 6.45) is 5.83. The van der Waals surface area contributed by atoms with Crippen LogP contribution >= 0.6 is 0 Å². The summed E-state index contributed by atoms with van der Waals surface area (Å²) < 4.78 is 2.22. The van der Waals surface area contributed by atoms with E-state index in [0.717, 1.165) is 30.0 Å². The van der Waals surface area contributed by atoms with Crippen molar-refractivity contribution in [2.75, 3.05) is 0 Å². The molecule has 1 aromatic heterocycles. The quantitative estimate of drug-likeness (QED) is 0.892. The highest BCUT2D eigenvalue weighted by molar-refractivity contribution is 5.27. The van der Waals surface area contributed by atoms with Crippen LogP contribution in [0.3, 0.4) is 0 Å². The monoisotopic (exact) mass is 247 g/mol. The number of nitrogens with zero attached hydrogens (tertiary/aromatic N) is 2. The molecule has 1 heterocycles. The summed E-state index contributed by atoms with van der Waals surface area (Å²) >= 11 is 0. The Kier molecular flexibility index (Phi) is 2.97. The van der Waals surface area contributed by atoms with Crippen LogP contribution in [0.2, 0.25) is 0 Å². The smallest absolute Gasteiger partial charge is 0.0644 e. The van der Waals surface area contributed by atoms with Gasteiger partial charge in [-0.1, -0.05) is 6.42 Å². The zero-order valence-electron chi connectivity index (χ0n) is 11.8. The van der Waals surface area contributed by atoms with E-state index in [4.69, 9.17) is 10.8 Å². The SMILES string of the molecule is Cc1nn(CC2CC3CCC2C3)c(C)c1C(C)N. The Morgan fingerprint density at radius 2 is 2.11 bits per heavy atom. The molecular formula is C15H25N3. The highest BCUT2D eigenvalue weighted by atomic mass is 15.3. The van der Waals surface area contributed by atoms with E-state index in [1.54, 1.807) is 0 Å². The van der Waals surface area contributed by atoms with Crippen LogP contribution in [0.15, 0.2) is 0 Å². The van der Waals surface area contributed by atoms with Gasteiger partial charge in [0.15, 0.2) is 0 Å². The van der Waals surface area contributed by atoms with Gasteiger partial charge >= 0.3 is 0 Å². The molecule has 18 heavy (non-hydrogen) atoms. The minimum absolute atomic E-state index is 0.0961. The van der Waals surface area contributed by atoms with E-state index in [1.807, 2.05) is 0 Å². The Morgan fingerprint density at radius 1 is 1.33 bits per heavy atom. The zero-order valence-corrected chi connectivity index (χ0v) is 11.8. The first-order chi connectivity index (χ1) is 8.56. The fraction of sp³-hybridized carbons (Fsp3) is 0.800. The molecule has 4 unspecified atom stereocenters. The summed E-state index contributed by atoms with van der Waals surface area (Å²) in [6, 6.07) is 0.0961. The predicted molar refractivity (Wildman–Crippen MR) is 73.2 cm³/mol. The normalized spacial score (nSPS) is 32.1. The maximum atomic E-state index is 6.04. The maximum absolute atomic E-state index is 6.04. The fourth-order valence-corrected chi connectivity index (χ4v) is 4.37. The van der Waals surface area contributed by atoms with Crippen molar-refractivity contribution in [1.29, 1.82) is 0 Å². The molecular weight excluding hydrogens is 222 g/mol. The molecule has 1 aromatic rings. The Morgan fingerprint density at radius 3 is 2.61 bits per heavy atom. The second kappa shape index (κ2) is 4.37. The van der Waals surface area contributed by atoms with Gasteiger partial charge in [0.2, 0.25) is 0 Å². The molecule has 2 bridgehead atoms. The number of rotatable bonds is 3. The third kappa shape index (κ3) is 1.89. The minimum Gasteiger partial charge on any atom is -0.324 e. The van der Waals surface area contributed by atoms with Gasteiger partial charge in [-0.25, -0.2) is 0 Å². The molecule has 3 rings (SSSR count). The Labute approximate surface area is 110 Å². The lowest BCUT2D eigenvalue weighted by atomic mass is 9.89. The Hall–Kier alpha value is -0.830. The molecule has 2 aliphatic carbocycles. The highest BCUT2D eigenvalue weighted by Gasteiger charge is 2.39. The lowest BCUT2D eigenvalue weighted by molar-refractivity contribution is 0.283. The van der Waals surface area contributed by atoms with Crippen LogP contribution in [-0.2, 0) is 6.54 Å². The van der Waals surface area contributed by atoms with E-state index in [-0.39, 0.29) is 6.04 Å². The molecule has 2 N–H and O–H groups in total. The molecule has 0 spiro atoms. The third-order valence-electron chi connectivity index (χ3n) is 5.18. The number of aromatic nitrogens is 2. The first-order valence-electron chi connectivity index (χ1n) is 7.35. The molecule has 2 saturated carbocycles. The van der Waals surface area contributed by atoms with Gasteiger partial charge in [0.25, 0.3) is 0 Å². The average Bonchev–Trinajstić information content (AvgIpc) is 2.94. The van der Waals surface area contributed by atoms with Crippen LogP contribution in [0.4, 0.5) is 0 Å². The first kappa shape index (κ1) is 12.2. The van der Waals surface area contributed by atoms with Crippen molar-refractivity contribution in [3.05, 3.63) is 17.0 Å². The number of fused-ring (bicyclic) bond motifs is 2. The molecule has 0 amide bonds. The van der Waals surface area contributed by atoms with Crippen LogP contribution in [0.25, 0.3) is 0 Å². The van der Waals surface area contributed by atoms with Crippen molar-refractivity contribution in [1.82, 2.24) is 9.78 Å². The van der Waals surface area contributed by atoms with Crippen LogP contribution in [0.5, 0.6) is 0 Å². The summed E-state index contributed by atoms with van der Waals surface area (Å²) in [5.74, 6) is 2.85. The molecule has 0 aliphatic heterocycles. The molecule has 0 aromatic carbocycles. The van der Waals surface area contributed by atoms with Gasteiger partial charge in [-0.05, 0) is 57.8 Å². The van der Waals surface area contributed by atoms with Crippen LogP contribution < -0.4 is 5.73 Å². The second-order valence-corrected chi connectivity index (χ2v) is 6.49. The molecule has 0 radical (unpaired) electrons. The Bertz CT molecular complexity index is 447. The molecule has 0 saturated heterocycles. The third-order valence-corrected chi connectivity index (χ3v) is 5.18. The fourth-order valence-electron chi connectivity index (χ4n) is 4.37. The lowest BCUT2D eigenvalue weighted by Crippen LogP contribution is -2.19. The van der Waals surface area contributed by atoms with Crippen molar-refractivity contribution in [3.8, 4) is 0 Å². The lowest BCUT2D eigenvalue weighted by Gasteiger charge is -2.22. The van der Waals surface area contributed by atoms with Gasteiger partial charge < -0.3 is 5.73 Å². The van der Waals surface area contributed by atoms with Crippen molar-refractivity contribution >= 4 is 0 Å². The molecule has 3 nitrogen and oxygen atoms in total. The van der Waals surface area contributed by atoms with Crippen molar-refractivity contribution in [3.63, 3.8) is 0 Å². The summed E-state index contributed by atoms with van der Waals surface area (Å²) in [6.45, 7) is 7.42. The van der Waals surface area contributed by atoms with Gasteiger partial charge in [0.05, 0.1) is 5.69 Å². The molecule has 4 atom stereocenters. The van der Waals surface area contributed by atoms with E-state index in [0.29, 0.717) is 0 Å². The van der Waals surface area contributed by atoms with Crippen molar-refractivity contribution in [2.24, 2.45) is 23.5 Å². The number of nitrogens with two attached hydrogens (primary N) is 1. The second-order valence-electron chi connectivity index (χ2n) is 6.49. The summed E-state index contributed by atoms with van der Waals surface area (Å²) in [5, 5.41) is 4.72. The van der Waals surface area contributed by atoms with Crippen LogP contribution in [-0.4, -0.2) is 9.78 Å². The molecule has 2 aliphatic rings. The summed E-state index contributed by atoms with van der Waals surface area (Å²) in [7, 11) is 0. The minimum atomic E-state index is 0.0961. The average molecular weight is 247 g/mol. The first-order valence-corrected chi connectivity index (χ1v) is 7.35. The summed E-state index contributed by atoms with van der Waals surface area (Å²) in [5.41, 5.74) is 9.69. The molecule has 2 fully saturated rings. The van der Waals surface area contributed by atoms with E-state index in [1.165, 1.54) is 36.9 Å². The van der Waals surface area contributed by atoms with Gasteiger partial charge in [0, 0.05) is 23.8 Å². The van der Waals surface area contributed by atoms with Gasteiger partial charge in [-0.3, -0.25) is 4.68 Å². The largest absolute Gasteiger partial charge is 0.324 e. The standard InChI is InChI=1S/C15H25N3/c1-9(16)15-10(2)17-18(11(15)3)8-14-7-12-4-5-13(14)6-12/h9,12-14H,4-8,16H2,1-3H3. The number of aryl methyl sites for hydroxylation is 1. The van der Waals surface area contributed by atoms with E-state index in [9.17, 15) is 0 Å². The Balaban J connectivity index is 1.79. The number of hydrogen-bond acceptors (Lipinski definition) is 2. The number of hydrogen-bond donors (Lipinski definition) is 1. The molecule has 3 heteroatoms. The van der Waals surface area contributed by atoms with Crippen molar-refractivity contribution < 1.29 is 0 Å². The van der Waals surface area contributed by atoms with Gasteiger partial charge in [0.1, 0.15) is 0 Å². The van der Waals surface area contributed by atoms with E-state index >= 15 is 0 Å². The highest BCUT2D eigenvalue weighted by Crippen LogP contribution is 2.48. The predicted octanol–water partition coefficient (Wildman–Crippen LogP) is 2.96. The maximum Gasteiger partial charge on any atom is 0.0644 e.